The van der Waals surface area contributed by atoms with Gasteiger partial charge in [-0.1, -0.05) is 6.92 Å². The van der Waals surface area contributed by atoms with Gasteiger partial charge in [-0.05, 0) is 47.3 Å². The van der Waals surface area contributed by atoms with E-state index in [-0.39, 0.29) is 11.7 Å². The monoisotopic (exact) mass is 391 g/mol. The van der Waals surface area contributed by atoms with Crippen LogP contribution < -0.4 is 4.74 Å². The first-order chi connectivity index (χ1) is 9.60. The minimum atomic E-state index is -0.974. The lowest BCUT2D eigenvalue weighted by atomic mass is 10.2. The Morgan fingerprint density at radius 3 is 3.10 bits per heavy atom. The van der Waals surface area contributed by atoms with Crippen molar-refractivity contribution >= 4 is 28.6 Å². The third kappa shape index (κ3) is 4.07. The van der Waals surface area contributed by atoms with Gasteiger partial charge < -0.3 is 14.6 Å². The van der Waals surface area contributed by atoms with Gasteiger partial charge in [-0.15, -0.1) is 0 Å². The van der Waals surface area contributed by atoms with Gasteiger partial charge in [-0.25, -0.2) is 4.79 Å². The van der Waals surface area contributed by atoms with Gasteiger partial charge in [0.1, 0.15) is 24.0 Å². The van der Waals surface area contributed by atoms with Crippen molar-refractivity contribution in [1.29, 1.82) is 0 Å². The molecule has 1 aliphatic heterocycles. The first-order valence-corrected chi connectivity index (χ1v) is 7.67. The van der Waals surface area contributed by atoms with Crippen LogP contribution in [0.1, 0.15) is 17.3 Å². The maximum absolute atomic E-state index is 11.2. The Bertz CT molecular complexity index is 480. The number of carboxylic acid groups (broad SMARTS) is 1. The molecule has 5 nitrogen and oxygen atoms in total. The number of hydrogen-bond acceptors (Lipinski definition) is 4. The zero-order chi connectivity index (χ0) is 14.5. The minimum Gasteiger partial charge on any atom is -0.490 e. The molecule has 0 radical (unpaired) electrons. The third-order valence-corrected chi connectivity index (χ3v) is 3.94. The normalized spacial score (nSPS) is 19.8. The fourth-order valence-corrected chi connectivity index (χ4v) is 2.64. The molecular weight excluding hydrogens is 373 g/mol. The Labute approximate surface area is 132 Å². The summed E-state index contributed by atoms with van der Waals surface area (Å²) in [5, 5.41) is 9.18. The minimum absolute atomic E-state index is 0.00961. The molecule has 1 fully saturated rings. The lowest BCUT2D eigenvalue weighted by molar-refractivity contribution is -0.0465. The molecule has 1 saturated heterocycles. The number of aromatic carboxylic acids is 1. The molecule has 0 spiro atoms. The van der Waals surface area contributed by atoms with Gasteiger partial charge in [0.25, 0.3) is 0 Å². The van der Waals surface area contributed by atoms with Gasteiger partial charge >= 0.3 is 5.97 Å². The van der Waals surface area contributed by atoms with E-state index in [2.05, 4.69) is 34.4 Å². The molecule has 1 N–H and O–H groups in total. The van der Waals surface area contributed by atoms with Gasteiger partial charge in [-0.2, -0.15) is 0 Å². The fourth-order valence-electron chi connectivity index (χ4n) is 2.15. The fraction of sp³-hybridized carbons (Fsp3) is 0.500. The summed E-state index contributed by atoms with van der Waals surface area (Å²) in [7, 11) is 0. The molecule has 1 unspecified atom stereocenters. The molecule has 1 aromatic rings. The molecule has 1 heterocycles. The van der Waals surface area contributed by atoms with Gasteiger partial charge in [0.05, 0.1) is 6.61 Å². The van der Waals surface area contributed by atoms with Crippen LogP contribution in [0.4, 0.5) is 0 Å². The van der Waals surface area contributed by atoms with Crippen molar-refractivity contribution in [2.24, 2.45) is 0 Å². The van der Waals surface area contributed by atoms with Crippen molar-refractivity contribution in [3.8, 4) is 5.75 Å². The number of nitrogens with zero attached hydrogens (tertiary/aromatic N) is 1. The molecule has 0 aliphatic carbocycles. The van der Waals surface area contributed by atoms with E-state index < -0.39 is 5.97 Å². The highest BCUT2D eigenvalue weighted by atomic mass is 127. The van der Waals surface area contributed by atoms with Crippen LogP contribution in [-0.2, 0) is 4.74 Å². The molecule has 0 saturated carbocycles. The second-order valence-electron chi connectivity index (χ2n) is 4.64. The van der Waals surface area contributed by atoms with Gasteiger partial charge in [0.2, 0.25) is 0 Å². The molecule has 110 valence electrons. The highest BCUT2D eigenvalue weighted by Gasteiger charge is 2.21. The average Bonchev–Trinajstić information content (AvgIpc) is 2.46. The molecule has 0 aromatic heterocycles. The maximum atomic E-state index is 11.2. The SMILES string of the molecule is CCN1CCOC(COc2ccc(I)cc2C(=O)O)C1. The van der Waals surface area contributed by atoms with E-state index in [0.29, 0.717) is 19.0 Å². The molecule has 1 atom stereocenters. The summed E-state index contributed by atoms with van der Waals surface area (Å²) >= 11 is 2.08. The summed E-state index contributed by atoms with van der Waals surface area (Å²) in [4.78, 5) is 13.5. The lowest BCUT2D eigenvalue weighted by Crippen LogP contribution is -2.44. The first-order valence-electron chi connectivity index (χ1n) is 6.59. The standard InChI is InChI=1S/C14H18INO4/c1-2-16-5-6-19-11(8-16)9-20-13-4-3-10(15)7-12(13)14(17)18/h3-4,7,11H,2,5-6,8-9H2,1H3,(H,17,18). The molecular formula is C14H18INO4. The van der Waals surface area contributed by atoms with E-state index in [1.54, 1.807) is 12.1 Å². The van der Waals surface area contributed by atoms with Gasteiger partial charge in [0.15, 0.2) is 0 Å². The van der Waals surface area contributed by atoms with Crippen LogP contribution in [0.15, 0.2) is 18.2 Å². The number of carboxylic acids is 1. The largest absolute Gasteiger partial charge is 0.490 e. The van der Waals surface area contributed by atoms with Crippen LogP contribution in [-0.4, -0.2) is 54.9 Å². The zero-order valence-corrected chi connectivity index (χ0v) is 13.5. The third-order valence-electron chi connectivity index (χ3n) is 3.27. The Morgan fingerprint density at radius 2 is 2.40 bits per heavy atom. The Balaban J connectivity index is 1.98. The quantitative estimate of drug-likeness (QED) is 0.780. The summed E-state index contributed by atoms with van der Waals surface area (Å²) in [5.41, 5.74) is 0.194. The number of carbonyl (C=O) groups is 1. The Morgan fingerprint density at radius 1 is 1.60 bits per heavy atom. The highest BCUT2D eigenvalue weighted by molar-refractivity contribution is 14.1. The van der Waals surface area contributed by atoms with Gasteiger partial charge in [-0.3, -0.25) is 4.90 Å². The first kappa shape index (κ1) is 15.5. The maximum Gasteiger partial charge on any atom is 0.339 e. The smallest absolute Gasteiger partial charge is 0.339 e. The van der Waals surface area contributed by atoms with Crippen LogP contribution in [0.3, 0.4) is 0 Å². The topological polar surface area (TPSA) is 59.0 Å². The van der Waals surface area contributed by atoms with Crippen molar-refractivity contribution in [3.63, 3.8) is 0 Å². The van der Waals surface area contributed by atoms with E-state index >= 15 is 0 Å². The van der Waals surface area contributed by atoms with Crippen molar-refractivity contribution in [3.05, 3.63) is 27.3 Å². The summed E-state index contributed by atoms with van der Waals surface area (Å²) in [6, 6.07) is 5.15. The van der Waals surface area contributed by atoms with E-state index in [1.807, 2.05) is 6.07 Å². The van der Waals surface area contributed by atoms with Crippen LogP contribution in [0.5, 0.6) is 5.75 Å². The Kier molecular flexibility index (Phi) is 5.62. The van der Waals surface area contributed by atoms with Crippen LogP contribution in [0.25, 0.3) is 0 Å². The second kappa shape index (κ2) is 7.24. The van der Waals surface area contributed by atoms with E-state index in [0.717, 1.165) is 23.2 Å². The molecule has 0 bridgehead atoms. The van der Waals surface area contributed by atoms with Crippen LogP contribution in [0.2, 0.25) is 0 Å². The van der Waals surface area contributed by atoms with E-state index in [1.165, 1.54) is 0 Å². The summed E-state index contributed by atoms with van der Waals surface area (Å²) < 4.78 is 12.2. The number of ether oxygens (including phenoxy) is 2. The van der Waals surface area contributed by atoms with Gasteiger partial charge in [0, 0.05) is 16.7 Å². The zero-order valence-electron chi connectivity index (χ0n) is 11.3. The van der Waals surface area contributed by atoms with Crippen molar-refractivity contribution < 1.29 is 19.4 Å². The van der Waals surface area contributed by atoms with Crippen molar-refractivity contribution in [2.75, 3.05) is 32.8 Å². The van der Waals surface area contributed by atoms with Crippen molar-refractivity contribution in [2.45, 2.75) is 13.0 Å². The lowest BCUT2D eigenvalue weighted by Gasteiger charge is -2.31. The summed E-state index contributed by atoms with van der Waals surface area (Å²) in [6.07, 6.45) is -0.00961. The van der Waals surface area contributed by atoms with E-state index in [9.17, 15) is 9.90 Å². The van der Waals surface area contributed by atoms with E-state index in [4.69, 9.17) is 9.47 Å². The Hall–Kier alpha value is -0.860. The summed E-state index contributed by atoms with van der Waals surface area (Å²) in [6.45, 7) is 5.94. The summed E-state index contributed by atoms with van der Waals surface area (Å²) in [5.74, 6) is -0.576. The average molecular weight is 391 g/mol. The second-order valence-corrected chi connectivity index (χ2v) is 5.89. The molecule has 1 aliphatic rings. The number of benzene rings is 1. The molecule has 2 rings (SSSR count). The van der Waals surface area contributed by atoms with Crippen molar-refractivity contribution in [1.82, 2.24) is 4.90 Å². The predicted molar refractivity (Wildman–Crippen MR) is 83.5 cm³/mol. The highest BCUT2D eigenvalue weighted by Crippen LogP contribution is 2.22. The number of likely N-dealkylation sites (N-methyl/N-ethyl adjacent to an activating group) is 1. The molecule has 6 heteroatoms. The molecule has 1 aromatic carbocycles. The number of morpholine rings is 1. The molecule has 0 amide bonds. The van der Waals surface area contributed by atoms with Crippen LogP contribution in [0, 0.1) is 3.57 Å². The molecule has 20 heavy (non-hydrogen) atoms. The van der Waals surface area contributed by atoms with Crippen LogP contribution >= 0.6 is 22.6 Å². The number of hydrogen-bond donors (Lipinski definition) is 1. The predicted octanol–water partition coefficient (Wildman–Crippen LogP) is 2.09. The number of rotatable bonds is 5. The number of halogens is 1.